The molecule has 1 atom stereocenters. The van der Waals surface area contributed by atoms with E-state index in [-0.39, 0.29) is 6.04 Å². The standard InChI is InChI=1S/C10H14F2N2/c1-14(2)10(6-13)7-3-4-8(11)9(12)5-7/h3-5,10H,6,13H2,1-2H3/t10-/m1/s1. The molecule has 2 N–H and O–H groups in total. The van der Waals surface area contributed by atoms with Crippen molar-refractivity contribution in [2.75, 3.05) is 20.6 Å². The minimum atomic E-state index is -0.831. The van der Waals surface area contributed by atoms with Crippen LogP contribution in [0.15, 0.2) is 18.2 Å². The molecule has 0 saturated carbocycles. The van der Waals surface area contributed by atoms with Crippen LogP contribution in [0.2, 0.25) is 0 Å². The number of rotatable bonds is 3. The number of nitrogens with two attached hydrogens (primary N) is 1. The van der Waals surface area contributed by atoms with Crippen LogP contribution in [0.5, 0.6) is 0 Å². The summed E-state index contributed by atoms with van der Waals surface area (Å²) in [5.74, 6) is -1.66. The van der Waals surface area contributed by atoms with E-state index in [4.69, 9.17) is 5.73 Å². The number of likely N-dealkylation sites (N-methyl/N-ethyl adjacent to an activating group) is 1. The summed E-state index contributed by atoms with van der Waals surface area (Å²) in [6.07, 6.45) is 0. The fraction of sp³-hybridized carbons (Fsp3) is 0.400. The summed E-state index contributed by atoms with van der Waals surface area (Å²) in [5, 5.41) is 0. The van der Waals surface area contributed by atoms with Crippen molar-refractivity contribution in [3.63, 3.8) is 0 Å². The molecule has 1 rings (SSSR count). The van der Waals surface area contributed by atoms with Crippen molar-refractivity contribution in [1.29, 1.82) is 0 Å². The summed E-state index contributed by atoms with van der Waals surface area (Å²) < 4.78 is 25.6. The van der Waals surface area contributed by atoms with Crippen LogP contribution in [0.4, 0.5) is 8.78 Å². The molecule has 0 heterocycles. The summed E-state index contributed by atoms with van der Waals surface area (Å²) in [4.78, 5) is 1.87. The van der Waals surface area contributed by atoms with Gasteiger partial charge in [-0.3, -0.25) is 0 Å². The zero-order valence-electron chi connectivity index (χ0n) is 8.30. The minimum absolute atomic E-state index is 0.0786. The first kappa shape index (κ1) is 11.1. The minimum Gasteiger partial charge on any atom is -0.329 e. The Morgan fingerprint density at radius 2 is 1.93 bits per heavy atom. The second kappa shape index (κ2) is 4.48. The molecule has 1 aromatic carbocycles. The molecule has 14 heavy (non-hydrogen) atoms. The second-order valence-electron chi connectivity index (χ2n) is 3.39. The molecular weight excluding hydrogens is 186 g/mol. The van der Waals surface area contributed by atoms with Crippen molar-refractivity contribution < 1.29 is 8.78 Å². The summed E-state index contributed by atoms with van der Waals surface area (Å²) in [5.41, 5.74) is 6.23. The van der Waals surface area contributed by atoms with Gasteiger partial charge in [-0.25, -0.2) is 8.78 Å². The molecule has 0 aromatic heterocycles. The maximum atomic E-state index is 12.9. The Kier molecular flexibility index (Phi) is 3.55. The van der Waals surface area contributed by atoms with Crippen molar-refractivity contribution in [3.05, 3.63) is 35.4 Å². The van der Waals surface area contributed by atoms with Crippen molar-refractivity contribution in [2.24, 2.45) is 5.73 Å². The average Bonchev–Trinajstić information content (AvgIpc) is 2.11. The van der Waals surface area contributed by atoms with E-state index in [9.17, 15) is 8.78 Å². The van der Waals surface area contributed by atoms with Crippen molar-refractivity contribution in [3.8, 4) is 0 Å². The van der Waals surface area contributed by atoms with Gasteiger partial charge in [0.1, 0.15) is 0 Å². The molecule has 0 spiro atoms. The van der Waals surface area contributed by atoms with Crippen molar-refractivity contribution in [2.45, 2.75) is 6.04 Å². The van der Waals surface area contributed by atoms with Crippen LogP contribution in [-0.2, 0) is 0 Å². The zero-order valence-corrected chi connectivity index (χ0v) is 8.30. The Labute approximate surface area is 82.3 Å². The van der Waals surface area contributed by atoms with E-state index < -0.39 is 11.6 Å². The van der Waals surface area contributed by atoms with Gasteiger partial charge in [-0.1, -0.05) is 6.07 Å². The molecule has 78 valence electrons. The Hall–Kier alpha value is -1.00. The second-order valence-corrected chi connectivity index (χ2v) is 3.39. The van der Waals surface area contributed by atoms with E-state index in [2.05, 4.69) is 0 Å². The SMILES string of the molecule is CN(C)[C@H](CN)c1ccc(F)c(F)c1. The van der Waals surface area contributed by atoms with Gasteiger partial charge in [0, 0.05) is 12.6 Å². The lowest BCUT2D eigenvalue weighted by Gasteiger charge is -2.22. The van der Waals surface area contributed by atoms with Crippen molar-refractivity contribution in [1.82, 2.24) is 4.90 Å². The van der Waals surface area contributed by atoms with Gasteiger partial charge in [0.25, 0.3) is 0 Å². The number of hydrogen-bond acceptors (Lipinski definition) is 2. The maximum Gasteiger partial charge on any atom is 0.159 e. The number of benzene rings is 1. The molecule has 0 saturated heterocycles. The van der Waals surface area contributed by atoms with Crippen LogP contribution in [-0.4, -0.2) is 25.5 Å². The van der Waals surface area contributed by atoms with Crippen LogP contribution in [0.25, 0.3) is 0 Å². The smallest absolute Gasteiger partial charge is 0.159 e. The quantitative estimate of drug-likeness (QED) is 0.801. The van der Waals surface area contributed by atoms with E-state index in [1.807, 2.05) is 19.0 Å². The molecular formula is C10H14F2N2. The lowest BCUT2D eigenvalue weighted by Crippen LogP contribution is -2.27. The summed E-state index contributed by atoms with van der Waals surface area (Å²) >= 11 is 0. The maximum absolute atomic E-state index is 12.9. The molecule has 2 nitrogen and oxygen atoms in total. The van der Waals surface area contributed by atoms with Crippen molar-refractivity contribution >= 4 is 0 Å². The molecule has 0 fully saturated rings. The summed E-state index contributed by atoms with van der Waals surface area (Å²) in [7, 11) is 3.69. The normalized spacial score (nSPS) is 13.3. The van der Waals surface area contributed by atoms with Crippen LogP contribution in [0, 0.1) is 11.6 Å². The third-order valence-electron chi connectivity index (χ3n) is 2.18. The molecule has 1 aromatic rings. The number of nitrogens with zero attached hydrogens (tertiary/aromatic N) is 1. The topological polar surface area (TPSA) is 29.3 Å². The summed E-state index contributed by atoms with van der Waals surface area (Å²) in [6.45, 7) is 0.373. The van der Waals surface area contributed by atoms with E-state index in [1.165, 1.54) is 6.07 Å². The van der Waals surface area contributed by atoms with E-state index in [0.717, 1.165) is 6.07 Å². The predicted octanol–water partition coefficient (Wildman–Crippen LogP) is 1.53. The number of hydrogen-bond donors (Lipinski definition) is 1. The Bertz CT molecular complexity index is 313. The lowest BCUT2D eigenvalue weighted by atomic mass is 10.1. The van der Waals surface area contributed by atoms with Gasteiger partial charge in [0.2, 0.25) is 0 Å². The third-order valence-corrected chi connectivity index (χ3v) is 2.18. The highest BCUT2D eigenvalue weighted by atomic mass is 19.2. The van der Waals surface area contributed by atoms with Gasteiger partial charge in [0.05, 0.1) is 0 Å². The van der Waals surface area contributed by atoms with Crippen LogP contribution < -0.4 is 5.73 Å². The first-order chi connectivity index (χ1) is 6.56. The fourth-order valence-corrected chi connectivity index (χ4v) is 1.36. The monoisotopic (exact) mass is 200 g/mol. The lowest BCUT2D eigenvalue weighted by molar-refractivity contribution is 0.304. The van der Waals surface area contributed by atoms with Gasteiger partial charge >= 0.3 is 0 Å². The molecule has 4 heteroatoms. The first-order valence-electron chi connectivity index (χ1n) is 4.37. The predicted molar refractivity (Wildman–Crippen MR) is 51.8 cm³/mol. The van der Waals surface area contributed by atoms with Gasteiger partial charge in [-0.15, -0.1) is 0 Å². The average molecular weight is 200 g/mol. The highest BCUT2D eigenvalue weighted by Crippen LogP contribution is 2.18. The van der Waals surface area contributed by atoms with Crippen LogP contribution >= 0.6 is 0 Å². The molecule has 0 unspecified atom stereocenters. The fourth-order valence-electron chi connectivity index (χ4n) is 1.36. The van der Waals surface area contributed by atoms with Gasteiger partial charge in [-0.2, -0.15) is 0 Å². The third kappa shape index (κ3) is 2.27. The molecule has 0 radical (unpaired) electrons. The van der Waals surface area contributed by atoms with Gasteiger partial charge in [0.15, 0.2) is 11.6 Å². The Morgan fingerprint density at radius 1 is 1.29 bits per heavy atom. The van der Waals surface area contributed by atoms with E-state index in [0.29, 0.717) is 12.1 Å². The molecule has 0 aliphatic rings. The zero-order chi connectivity index (χ0) is 10.7. The van der Waals surface area contributed by atoms with E-state index in [1.54, 1.807) is 6.07 Å². The molecule has 0 aliphatic carbocycles. The van der Waals surface area contributed by atoms with E-state index >= 15 is 0 Å². The molecule has 0 amide bonds. The Balaban J connectivity index is 3.00. The van der Waals surface area contributed by atoms with Crippen LogP contribution in [0.1, 0.15) is 11.6 Å². The molecule has 0 bridgehead atoms. The first-order valence-corrected chi connectivity index (χ1v) is 4.37. The number of halogens is 2. The van der Waals surface area contributed by atoms with Gasteiger partial charge < -0.3 is 10.6 Å². The largest absolute Gasteiger partial charge is 0.329 e. The summed E-state index contributed by atoms with van der Waals surface area (Å²) in [6, 6.07) is 3.78. The highest BCUT2D eigenvalue weighted by Gasteiger charge is 2.13. The van der Waals surface area contributed by atoms with Crippen LogP contribution in [0.3, 0.4) is 0 Å². The highest BCUT2D eigenvalue weighted by molar-refractivity contribution is 5.21. The Morgan fingerprint density at radius 3 is 2.36 bits per heavy atom. The molecule has 0 aliphatic heterocycles. The van der Waals surface area contributed by atoms with Gasteiger partial charge in [-0.05, 0) is 31.8 Å².